The van der Waals surface area contributed by atoms with E-state index in [2.05, 4.69) is 16.9 Å². The molecule has 1 aromatic rings. The average molecular weight is 281 g/mol. The zero-order valence-corrected chi connectivity index (χ0v) is 12.9. The zero-order valence-electron chi connectivity index (χ0n) is 12.9. The maximum absolute atomic E-state index is 11.2. The van der Waals surface area contributed by atoms with Crippen LogP contribution in [0.1, 0.15) is 45.2 Å². The van der Waals surface area contributed by atoms with E-state index in [1.165, 1.54) is 0 Å². The Morgan fingerprint density at radius 3 is 2.80 bits per heavy atom. The summed E-state index contributed by atoms with van der Waals surface area (Å²) in [6, 6.07) is 0. The number of methoxy groups -OCH3 is 1. The van der Waals surface area contributed by atoms with Gasteiger partial charge in [-0.15, -0.1) is 0 Å². The number of nitrogens with zero attached hydrogens (tertiary/aromatic N) is 3. The molecule has 5 nitrogen and oxygen atoms in total. The largest absolute Gasteiger partial charge is 0.493 e. The van der Waals surface area contributed by atoms with Crippen LogP contribution < -0.4 is 4.74 Å². The van der Waals surface area contributed by atoms with Crippen LogP contribution in [0.15, 0.2) is 6.20 Å². The second-order valence-corrected chi connectivity index (χ2v) is 5.60. The van der Waals surface area contributed by atoms with Crippen LogP contribution in [0.5, 0.6) is 5.75 Å². The van der Waals surface area contributed by atoms with Crippen molar-refractivity contribution in [3.8, 4) is 5.75 Å². The van der Waals surface area contributed by atoms with Crippen molar-refractivity contribution in [2.24, 2.45) is 0 Å². The van der Waals surface area contributed by atoms with Gasteiger partial charge in [0.25, 0.3) is 0 Å². The van der Waals surface area contributed by atoms with Crippen LogP contribution in [0, 0.1) is 0 Å². The smallest absolute Gasteiger partial charge is 0.162 e. The Balaban J connectivity index is 2.24. The lowest BCUT2D eigenvalue weighted by Crippen LogP contribution is -2.32. The predicted octanol–water partition coefficient (Wildman–Crippen LogP) is 2.00. The summed E-state index contributed by atoms with van der Waals surface area (Å²) in [5, 5.41) is 15.5. The summed E-state index contributed by atoms with van der Waals surface area (Å²) in [7, 11) is 1.64. The van der Waals surface area contributed by atoms with Gasteiger partial charge >= 0.3 is 0 Å². The summed E-state index contributed by atoms with van der Waals surface area (Å²) in [4.78, 5) is 2.44. The minimum atomic E-state index is -0.819. The van der Waals surface area contributed by atoms with Gasteiger partial charge in [0.15, 0.2) is 5.75 Å². The summed E-state index contributed by atoms with van der Waals surface area (Å²) < 4.78 is 7.27. The summed E-state index contributed by atoms with van der Waals surface area (Å²) in [6.45, 7) is 8.10. The van der Waals surface area contributed by atoms with Gasteiger partial charge in [0.05, 0.1) is 13.3 Å². The minimum Gasteiger partial charge on any atom is -0.493 e. The van der Waals surface area contributed by atoms with Gasteiger partial charge in [0, 0.05) is 13.1 Å². The van der Waals surface area contributed by atoms with Crippen LogP contribution in [0.25, 0.3) is 0 Å². The Labute approximate surface area is 121 Å². The Morgan fingerprint density at radius 2 is 2.15 bits per heavy atom. The van der Waals surface area contributed by atoms with Gasteiger partial charge < -0.3 is 14.7 Å². The predicted molar refractivity (Wildman–Crippen MR) is 78.9 cm³/mol. The first-order valence-electron chi connectivity index (χ1n) is 7.69. The molecule has 1 fully saturated rings. The third-order valence-corrected chi connectivity index (χ3v) is 4.21. The highest BCUT2D eigenvalue weighted by molar-refractivity contribution is 5.31. The second kappa shape index (κ2) is 6.59. The van der Waals surface area contributed by atoms with E-state index < -0.39 is 5.60 Å². The van der Waals surface area contributed by atoms with Gasteiger partial charge in [-0.25, -0.2) is 0 Å². The number of ether oxygens (including phenoxy) is 1. The molecular formula is C15H27N3O2. The van der Waals surface area contributed by atoms with Gasteiger partial charge in [-0.3, -0.25) is 4.68 Å². The summed E-state index contributed by atoms with van der Waals surface area (Å²) >= 11 is 0. The molecule has 20 heavy (non-hydrogen) atoms. The molecular weight excluding hydrogens is 254 g/mol. The number of aryl methyl sites for hydroxylation is 1. The van der Waals surface area contributed by atoms with E-state index in [0.717, 1.165) is 57.6 Å². The van der Waals surface area contributed by atoms with Crippen molar-refractivity contribution in [1.82, 2.24) is 14.7 Å². The molecule has 0 aromatic carbocycles. The molecule has 1 aliphatic rings. The van der Waals surface area contributed by atoms with E-state index in [1.807, 2.05) is 11.6 Å². The molecule has 114 valence electrons. The van der Waals surface area contributed by atoms with E-state index in [9.17, 15) is 5.11 Å². The molecule has 0 radical (unpaired) electrons. The van der Waals surface area contributed by atoms with E-state index in [4.69, 9.17) is 4.74 Å². The molecule has 0 amide bonds. The van der Waals surface area contributed by atoms with E-state index in [-0.39, 0.29) is 0 Å². The van der Waals surface area contributed by atoms with Gasteiger partial charge in [-0.2, -0.15) is 5.10 Å². The summed E-state index contributed by atoms with van der Waals surface area (Å²) in [6.07, 6.45) is 5.40. The first-order chi connectivity index (χ1) is 9.64. The van der Waals surface area contributed by atoms with Crippen molar-refractivity contribution in [2.45, 2.75) is 51.7 Å². The normalized spacial score (nSPS) is 24.6. The second-order valence-electron chi connectivity index (χ2n) is 5.60. The van der Waals surface area contributed by atoms with Crippen molar-refractivity contribution in [2.75, 3.05) is 26.7 Å². The SMILES string of the molecule is CCCN1CCCC(O)(c2c(OC)cnn2CC)CC1. The van der Waals surface area contributed by atoms with E-state index in [1.54, 1.807) is 13.3 Å². The molecule has 1 aliphatic heterocycles. The van der Waals surface area contributed by atoms with Crippen molar-refractivity contribution in [1.29, 1.82) is 0 Å². The first-order valence-corrected chi connectivity index (χ1v) is 7.69. The zero-order chi connectivity index (χ0) is 14.6. The fourth-order valence-electron chi connectivity index (χ4n) is 3.18. The highest BCUT2D eigenvalue weighted by Gasteiger charge is 2.37. The van der Waals surface area contributed by atoms with E-state index >= 15 is 0 Å². The third-order valence-electron chi connectivity index (χ3n) is 4.21. The molecule has 0 bridgehead atoms. The van der Waals surface area contributed by atoms with Crippen LogP contribution in [-0.4, -0.2) is 46.5 Å². The molecule has 1 saturated heterocycles. The van der Waals surface area contributed by atoms with E-state index in [0.29, 0.717) is 5.75 Å². The molecule has 1 unspecified atom stereocenters. The fourth-order valence-corrected chi connectivity index (χ4v) is 3.18. The molecule has 0 spiro atoms. The number of aliphatic hydroxyl groups is 1. The number of hydrogen-bond donors (Lipinski definition) is 1. The molecule has 1 aromatic heterocycles. The topological polar surface area (TPSA) is 50.5 Å². The average Bonchev–Trinajstić information content (AvgIpc) is 2.79. The number of hydrogen-bond acceptors (Lipinski definition) is 4. The van der Waals surface area contributed by atoms with Crippen molar-refractivity contribution in [3.63, 3.8) is 0 Å². The molecule has 2 heterocycles. The highest BCUT2D eigenvalue weighted by atomic mass is 16.5. The fraction of sp³-hybridized carbons (Fsp3) is 0.800. The van der Waals surface area contributed by atoms with Crippen LogP contribution in [0.4, 0.5) is 0 Å². The van der Waals surface area contributed by atoms with Gasteiger partial charge in [-0.05, 0) is 45.7 Å². The lowest BCUT2D eigenvalue weighted by Gasteiger charge is -2.28. The van der Waals surface area contributed by atoms with Crippen molar-refractivity contribution in [3.05, 3.63) is 11.9 Å². The minimum absolute atomic E-state index is 0.707. The quantitative estimate of drug-likeness (QED) is 0.897. The maximum atomic E-state index is 11.2. The molecule has 2 rings (SSSR count). The Kier molecular flexibility index (Phi) is 5.05. The Bertz CT molecular complexity index is 411. The lowest BCUT2D eigenvalue weighted by molar-refractivity contribution is 0.0104. The van der Waals surface area contributed by atoms with Crippen LogP contribution in [-0.2, 0) is 12.1 Å². The first kappa shape index (κ1) is 15.3. The summed E-state index contributed by atoms with van der Waals surface area (Å²) in [5.41, 5.74) is 0.0289. The summed E-state index contributed by atoms with van der Waals surface area (Å²) in [5.74, 6) is 0.707. The van der Waals surface area contributed by atoms with Gasteiger partial charge in [0.1, 0.15) is 11.3 Å². The van der Waals surface area contributed by atoms with Crippen molar-refractivity contribution < 1.29 is 9.84 Å². The molecule has 0 aliphatic carbocycles. The molecule has 1 N–H and O–H groups in total. The standard InChI is InChI=1S/C15H27N3O2/c1-4-9-17-10-6-7-15(19,8-11-17)14-13(20-3)12-16-18(14)5-2/h12,19H,4-11H2,1-3H3. The third kappa shape index (κ3) is 2.99. The van der Waals surface area contributed by atoms with Crippen LogP contribution >= 0.6 is 0 Å². The lowest BCUT2D eigenvalue weighted by atomic mass is 9.90. The molecule has 5 heteroatoms. The van der Waals surface area contributed by atoms with Crippen LogP contribution in [0.2, 0.25) is 0 Å². The monoisotopic (exact) mass is 281 g/mol. The van der Waals surface area contributed by atoms with Gasteiger partial charge in [-0.1, -0.05) is 6.92 Å². The Morgan fingerprint density at radius 1 is 1.35 bits per heavy atom. The highest BCUT2D eigenvalue weighted by Crippen LogP contribution is 2.38. The number of rotatable bonds is 5. The van der Waals surface area contributed by atoms with Crippen molar-refractivity contribution >= 4 is 0 Å². The van der Waals surface area contributed by atoms with Gasteiger partial charge in [0.2, 0.25) is 0 Å². The molecule has 1 atom stereocenters. The number of likely N-dealkylation sites (tertiary alicyclic amines) is 1. The number of aromatic nitrogens is 2. The van der Waals surface area contributed by atoms with Crippen LogP contribution in [0.3, 0.4) is 0 Å². The molecule has 0 saturated carbocycles. The Hall–Kier alpha value is -1.07. The maximum Gasteiger partial charge on any atom is 0.162 e.